The fourth-order valence-corrected chi connectivity index (χ4v) is 9.37. The summed E-state index contributed by atoms with van der Waals surface area (Å²) in [5.74, 6) is -4.57. The Balaban J connectivity index is 1.05. The summed E-state index contributed by atoms with van der Waals surface area (Å²) in [7, 11) is 4.37. The van der Waals surface area contributed by atoms with E-state index < -0.39 is 106 Å². The van der Waals surface area contributed by atoms with E-state index in [1.165, 1.54) is 63.1 Å². The van der Waals surface area contributed by atoms with Crippen molar-refractivity contribution in [3.05, 3.63) is 79.5 Å². The van der Waals surface area contributed by atoms with E-state index in [4.69, 9.17) is 28.4 Å². The molecule has 3 saturated heterocycles. The smallest absolute Gasteiger partial charge is 0.323 e. The molecule has 18 heteroatoms. The van der Waals surface area contributed by atoms with Gasteiger partial charge >= 0.3 is 11.8 Å². The van der Waals surface area contributed by atoms with Gasteiger partial charge in [0.15, 0.2) is 24.5 Å². The molecule has 0 bridgehead atoms. The van der Waals surface area contributed by atoms with Crippen LogP contribution in [0.2, 0.25) is 0 Å². The van der Waals surface area contributed by atoms with Crippen molar-refractivity contribution in [1.82, 2.24) is 9.47 Å². The average Bonchev–Trinajstić information content (AvgIpc) is 3.76. The van der Waals surface area contributed by atoms with Crippen LogP contribution in [0.15, 0.2) is 30.3 Å². The van der Waals surface area contributed by atoms with Gasteiger partial charge in [0.1, 0.15) is 47.1 Å². The zero-order valence-electron chi connectivity index (χ0n) is 32.3. The number of nitro groups is 1. The first-order chi connectivity index (χ1) is 27.6. The number of aliphatic hydroxyl groups is 1. The Bertz CT molecular complexity index is 2250. The number of fused-ring (bicyclic) bond motifs is 6. The molecular weight excluding hydrogens is 762 g/mol. The SMILES string of the molecule is COc1cccc2c1C(=O)c1c(O)c3c(c(O)c1C2=O)C[C@@](O)(C(C)=O)C[C@@H]3O[C@H]1CC2C(OC3CC(C(=O)OCc4ccc([N+](=O)[O-])n4C)CC(OC)N32)[C@H](C)O1. The number of carbonyl (C=O) groups excluding carboxylic acids is 4. The van der Waals surface area contributed by atoms with Gasteiger partial charge in [-0.15, -0.1) is 0 Å². The summed E-state index contributed by atoms with van der Waals surface area (Å²) >= 11 is 0. The molecular formula is C40H43N3O15. The van der Waals surface area contributed by atoms with Crippen LogP contribution >= 0.6 is 0 Å². The van der Waals surface area contributed by atoms with Crippen molar-refractivity contribution in [2.75, 3.05) is 14.2 Å². The third-order valence-electron chi connectivity index (χ3n) is 12.4. The predicted octanol–water partition coefficient (Wildman–Crippen LogP) is 3.11. The van der Waals surface area contributed by atoms with Crippen LogP contribution in [-0.4, -0.2) is 110 Å². The number of methoxy groups -OCH3 is 2. The third kappa shape index (κ3) is 6.17. The number of hydrogen-bond donors (Lipinski definition) is 3. The number of phenolic OH excluding ortho intramolecular Hbond substituents is 2. The molecule has 0 amide bonds. The molecule has 9 atom stereocenters. The van der Waals surface area contributed by atoms with Crippen molar-refractivity contribution < 1.29 is 67.8 Å². The number of aromatic hydroxyl groups is 2. The molecule has 3 fully saturated rings. The fraction of sp³-hybridized carbons (Fsp3) is 0.500. The van der Waals surface area contributed by atoms with Crippen LogP contribution in [0.4, 0.5) is 5.82 Å². The molecule has 2 aromatic carbocycles. The maximum Gasteiger partial charge on any atom is 0.323 e. The Kier molecular flexibility index (Phi) is 9.92. The van der Waals surface area contributed by atoms with Crippen LogP contribution in [0.1, 0.15) is 94.3 Å². The van der Waals surface area contributed by atoms with Gasteiger partial charge in [-0.3, -0.25) is 19.2 Å². The van der Waals surface area contributed by atoms with Crippen molar-refractivity contribution in [2.24, 2.45) is 13.0 Å². The fourth-order valence-electron chi connectivity index (χ4n) is 9.37. The second kappa shape index (κ2) is 14.5. The number of ether oxygens (including phenoxy) is 6. The van der Waals surface area contributed by atoms with E-state index in [0.717, 1.165) is 0 Å². The molecule has 308 valence electrons. The Morgan fingerprint density at radius 1 is 1.02 bits per heavy atom. The molecule has 5 aliphatic rings. The molecule has 2 aliphatic carbocycles. The quantitative estimate of drug-likeness (QED) is 0.0954. The molecule has 1 aromatic heterocycles. The maximum absolute atomic E-state index is 14.0. The van der Waals surface area contributed by atoms with Gasteiger partial charge in [0, 0.05) is 68.0 Å². The molecule has 0 saturated carbocycles. The Hall–Kier alpha value is -5.24. The molecule has 0 radical (unpaired) electrons. The van der Waals surface area contributed by atoms with Crippen LogP contribution in [0.25, 0.3) is 0 Å². The molecule has 3 N–H and O–H groups in total. The van der Waals surface area contributed by atoms with Crippen molar-refractivity contribution in [1.29, 1.82) is 0 Å². The number of phenols is 2. The van der Waals surface area contributed by atoms with Gasteiger partial charge in [0.25, 0.3) is 0 Å². The van der Waals surface area contributed by atoms with Crippen molar-refractivity contribution >= 4 is 29.1 Å². The first kappa shape index (κ1) is 39.6. The lowest BCUT2D eigenvalue weighted by atomic mass is 9.72. The second-order valence-corrected chi connectivity index (χ2v) is 15.5. The number of aromatic nitrogens is 1. The number of carbonyl (C=O) groups is 4. The highest BCUT2D eigenvalue weighted by molar-refractivity contribution is 6.31. The number of benzene rings is 2. The van der Waals surface area contributed by atoms with Crippen LogP contribution in [0, 0.1) is 16.0 Å². The number of hydrogen-bond acceptors (Lipinski definition) is 16. The van der Waals surface area contributed by atoms with Gasteiger partial charge in [-0.05, 0) is 30.9 Å². The van der Waals surface area contributed by atoms with Crippen molar-refractivity contribution in [3.63, 3.8) is 0 Å². The minimum Gasteiger partial charge on any atom is -0.507 e. The van der Waals surface area contributed by atoms with Gasteiger partial charge in [0.05, 0.1) is 49.0 Å². The molecule has 8 rings (SSSR count). The van der Waals surface area contributed by atoms with E-state index in [-0.39, 0.29) is 72.2 Å². The molecule has 3 aliphatic heterocycles. The van der Waals surface area contributed by atoms with Crippen LogP contribution in [-0.2, 0) is 53.3 Å². The summed E-state index contributed by atoms with van der Waals surface area (Å²) in [6, 6.07) is 6.93. The molecule has 4 heterocycles. The monoisotopic (exact) mass is 805 g/mol. The summed E-state index contributed by atoms with van der Waals surface area (Å²) in [6.45, 7) is 2.81. The number of rotatable bonds is 9. The first-order valence-corrected chi connectivity index (χ1v) is 18.9. The molecule has 0 spiro atoms. The van der Waals surface area contributed by atoms with E-state index in [1.54, 1.807) is 6.92 Å². The minimum atomic E-state index is -2.07. The Morgan fingerprint density at radius 3 is 2.43 bits per heavy atom. The van der Waals surface area contributed by atoms with Gasteiger partial charge in [-0.25, -0.2) is 9.47 Å². The summed E-state index contributed by atoms with van der Waals surface area (Å²) in [5.41, 5.74) is -2.79. The van der Waals surface area contributed by atoms with Gasteiger partial charge in [0.2, 0.25) is 5.78 Å². The lowest BCUT2D eigenvalue weighted by Gasteiger charge is -2.45. The number of piperidine rings is 1. The lowest BCUT2D eigenvalue weighted by molar-refractivity contribution is -0.391. The molecule has 18 nitrogen and oxygen atoms in total. The van der Waals surface area contributed by atoms with Crippen LogP contribution in [0.5, 0.6) is 17.2 Å². The highest BCUT2D eigenvalue weighted by atomic mass is 16.7. The predicted molar refractivity (Wildman–Crippen MR) is 196 cm³/mol. The summed E-state index contributed by atoms with van der Waals surface area (Å²) < 4.78 is 37.5. The Morgan fingerprint density at radius 2 is 1.76 bits per heavy atom. The van der Waals surface area contributed by atoms with E-state index in [2.05, 4.69) is 0 Å². The summed E-state index contributed by atoms with van der Waals surface area (Å²) in [4.78, 5) is 66.9. The standard InChI is InChI=1S/C40H43N3O15/c1-17-38-23(42-27(54-5)11-19(12-28(42)58-38)39(49)55-16-20-9-10-26(41(20)3)43(51)52)13-29(56-17)57-25-15-40(50,18(2)44)14-22-31(25)37(48)33-32(35(22)46)34(45)21-7-6-8-24(53-4)30(21)36(33)47/h6-10,17,19,23,25,27-29,38,46,48,50H,11-16H2,1-5H3/t17-,19?,23?,25-,27?,28?,29-,38?,40-/m0/s1. The third-order valence-corrected chi connectivity index (χ3v) is 12.4. The van der Waals surface area contributed by atoms with Gasteiger partial charge in [-0.1, -0.05) is 12.1 Å². The highest BCUT2D eigenvalue weighted by Gasteiger charge is 2.56. The summed E-state index contributed by atoms with van der Waals surface area (Å²) in [6.07, 6.45) is -4.72. The molecule has 5 unspecified atom stereocenters. The topological polar surface area (TPSA) is 236 Å². The van der Waals surface area contributed by atoms with Crippen LogP contribution in [0.3, 0.4) is 0 Å². The van der Waals surface area contributed by atoms with Crippen molar-refractivity contribution in [2.45, 2.75) is 101 Å². The highest BCUT2D eigenvalue weighted by Crippen LogP contribution is 2.53. The first-order valence-electron chi connectivity index (χ1n) is 18.9. The zero-order valence-corrected chi connectivity index (χ0v) is 32.3. The van der Waals surface area contributed by atoms with Crippen molar-refractivity contribution in [3.8, 4) is 17.2 Å². The Labute approximate surface area is 331 Å². The molecule has 3 aromatic rings. The number of nitrogens with zero attached hydrogens (tertiary/aromatic N) is 3. The van der Waals surface area contributed by atoms with E-state index in [9.17, 15) is 44.6 Å². The maximum atomic E-state index is 14.0. The number of ketones is 3. The number of esters is 1. The lowest BCUT2D eigenvalue weighted by Crippen LogP contribution is -2.56. The normalized spacial score (nSPS) is 30.1. The van der Waals surface area contributed by atoms with E-state index in [1.807, 2.05) is 4.90 Å². The van der Waals surface area contributed by atoms with E-state index in [0.29, 0.717) is 5.69 Å². The number of Topliss-reactive ketones (excluding diaryl/α,β-unsaturated/α-hetero) is 1. The zero-order chi connectivity index (χ0) is 41.5. The largest absolute Gasteiger partial charge is 0.507 e. The summed E-state index contributed by atoms with van der Waals surface area (Å²) in [5, 5.41) is 46.5. The minimum absolute atomic E-state index is 0.0381. The van der Waals surface area contributed by atoms with Gasteiger partial charge in [-0.2, -0.15) is 0 Å². The molecule has 58 heavy (non-hydrogen) atoms. The van der Waals surface area contributed by atoms with Crippen LogP contribution < -0.4 is 4.74 Å². The van der Waals surface area contributed by atoms with E-state index >= 15 is 0 Å². The van der Waals surface area contributed by atoms with Gasteiger partial charge < -0.3 is 53.9 Å². The second-order valence-electron chi connectivity index (χ2n) is 15.5. The average molecular weight is 806 g/mol.